The quantitative estimate of drug-likeness (QED) is 0.260. The van der Waals surface area contributed by atoms with Crippen molar-refractivity contribution < 1.29 is 12.8 Å². The number of hydrogen-bond donors (Lipinski definition) is 3. The number of likely N-dealkylation sites (tertiary alicyclic amines) is 1. The molecule has 4 N–H and O–H groups in total. The standard InChI is InChI=1S/C21H31N5O3S.HI/c1-2-23-21(24-15-17-8-6-9-18(14-17)30(22,27)28)25-16-19(20-10-7-13-29-20)26-11-4-3-5-12-26;/h6-10,13-14,19H,2-5,11-12,15-16H2,1H3,(H2,22,27,28)(H2,23,24,25);1H. The molecule has 1 fully saturated rings. The van der Waals surface area contributed by atoms with Crippen LogP contribution >= 0.6 is 24.0 Å². The Hall–Kier alpha value is -1.63. The van der Waals surface area contributed by atoms with Crippen LogP contribution in [-0.4, -0.2) is 45.5 Å². The monoisotopic (exact) mass is 561 g/mol. The van der Waals surface area contributed by atoms with Crippen molar-refractivity contribution >= 4 is 40.0 Å². The number of nitrogens with zero attached hydrogens (tertiary/aromatic N) is 2. The van der Waals surface area contributed by atoms with Crippen LogP contribution in [0.2, 0.25) is 0 Å². The van der Waals surface area contributed by atoms with Crippen molar-refractivity contribution in [3.63, 3.8) is 0 Å². The van der Waals surface area contributed by atoms with E-state index in [4.69, 9.17) is 9.56 Å². The van der Waals surface area contributed by atoms with Gasteiger partial charge in [0.05, 0.1) is 23.7 Å². The number of hydrogen-bond acceptors (Lipinski definition) is 5. The summed E-state index contributed by atoms with van der Waals surface area (Å²) in [6.45, 7) is 5.85. The molecule has 8 nitrogen and oxygen atoms in total. The van der Waals surface area contributed by atoms with Gasteiger partial charge in [0.15, 0.2) is 5.96 Å². The van der Waals surface area contributed by atoms with Crippen molar-refractivity contribution in [2.45, 2.75) is 43.7 Å². The Balaban J connectivity index is 0.00000341. The second-order valence-electron chi connectivity index (χ2n) is 7.40. The lowest BCUT2D eigenvalue weighted by Crippen LogP contribution is -2.44. The topological polar surface area (TPSA) is 113 Å². The van der Waals surface area contributed by atoms with Gasteiger partial charge in [-0.3, -0.25) is 4.90 Å². The lowest BCUT2D eigenvalue weighted by molar-refractivity contribution is 0.146. The van der Waals surface area contributed by atoms with E-state index in [1.54, 1.807) is 18.4 Å². The first-order valence-corrected chi connectivity index (χ1v) is 11.9. The molecular weight excluding hydrogens is 529 g/mol. The first-order chi connectivity index (χ1) is 14.5. The van der Waals surface area contributed by atoms with Crippen molar-refractivity contribution in [3.05, 3.63) is 54.0 Å². The van der Waals surface area contributed by atoms with Crippen molar-refractivity contribution in [2.24, 2.45) is 10.1 Å². The minimum atomic E-state index is -3.73. The van der Waals surface area contributed by atoms with E-state index in [0.29, 0.717) is 19.0 Å². The SMILES string of the molecule is CCNC(=NCc1cccc(S(N)(=O)=O)c1)NCC(c1ccco1)N1CCCCC1.I. The molecule has 1 aromatic heterocycles. The smallest absolute Gasteiger partial charge is 0.238 e. The normalized spacial score (nSPS) is 16.4. The molecule has 1 saturated heterocycles. The third-order valence-corrected chi connectivity index (χ3v) is 6.07. The highest BCUT2D eigenvalue weighted by atomic mass is 127. The van der Waals surface area contributed by atoms with Gasteiger partial charge in [-0.25, -0.2) is 18.5 Å². The molecule has 172 valence electrons. The Morgan fingerprint density at radius 2 is 1.97 bits per heavy atom. The second-order valence-corrected chi connectivity index (χ2v) is 8.96. The predicted molar refractivity (Wildman–Crippen MR) is 133 cm³/mol. The van der Waals surface area contributed by atoms with E-state index in [0.717, 1.165) is 31.0 Å². The van der Waals surface area contributed by atoms with E-state index < -0.39 is 10.0 Å². The Bertz CT molecular complexity index is 928. The number of furan rings is 1. The van der Waals surface area contributed by atoms with E-state index in [9.17, 15) is 8.42 Å². The van der Waals surface area contributed by atoms with Gasteiger partial charge in [-0.2, -0.15) is 0 Å². The van der Waals surface area contributed by atoms with Gasteiger partial charge in [0.25, 0.3) is 0 Å². The zero-order valence-electron chi connectivity index (χ0n) is 17.8. The Kier molecular flexibility index (Phi) is 10.3. The van der Waals surface area contributed by atoms with Gasteiger partial charge in [0.1, 0.15) is 5.76 Å². The molecule has 2 heterocycles. The van der Waals surface area contributed by atoms with Gasteiger partial charge in [0.2, 0.25) is 10.0 Å². The molecule has 0 saturated carbocycles. The van der Waals surface area contributed by atoms with E-state index in [1.807, 2.05) is 25.1 Å². The van der Waals surface area contributed by atoms with Crippen LogP contribution in [0.3, 0.4) is 0 Å². The Morgan fingerprint density at radius 3 is 2.61 bits per heavy atom. The fraction of sp³-hybridized carbons (Fsp3) is 0.476. The molecule has 2 aromatic rings. The maximum atomic E-state index is 11.6. The molecule has 0 amide bonds. The van der Waals surface area contributed by atoms with Crippen LogP contribution in [0.25, 0.3) is 0 Å². The fourth-order valence-electron chi connectivity index (χ4n) is 3.65. The number of halogens is 1. The highest BCUT2D eigenvalue weighted by molar-refractivity contribution is 14.0. The van der Waals surface area contributed by atoms with E-state index >= 15 is 0 Å². The maximum absolute atomic E-state index is 11.6. The summed E-state index contributed by atoms with van der Waals surface area (Å²) in [6, 6.07) is 10.6. The van der Waals surface area contributed by atoms with E-state index in [-0.39, 0.29) is 34.9 Å². The minimum absolute atomic E-state index is 0. The average Bonchev–Trinajstić information content (AvgIpc) is 3.27. The lowest BCUT2D eigenvalue weighted by Gasteiger charge is -2.33. The van der Waals surface area contributed by atoms with Crippen molar-refractivity contribution in [3.8, 4) is 0 Å². The molecule has 0 radical (unpaired) electrons. The summed E-state index contributed by atoms with van der Waals surface area (Å²) in [7, 11) is -3.73. The van der Waals surface area contributed by atoms with Crippen LogP contribution in [0, 0.1) is 0 Å². The van der Waals surface area contributed by atoms with Crippen LogP contribution in [0.1, 0.15) is 43.6 Å². The number of benzene rings is 1. The minimum Gasteiger partial charge on any atom is -0.468 e. The number of sulfonamides is 1. The average molecular weight is 561 g/mol. The zero-order chi connectivity index (χ0) is 21.4. The number of aliphatic imine (C=N–C) groups is 1. The summed E-state index contributed by atoms with van der Waals surface area (Å²) < 4.78 is 28.8. The zero-order valence-corrected chi connectivity index (χ0v) is 20.9. The highest BCUT2D eigenvalue weighted by Crippen LogP contribution is 2.24. The number of guanidine groups is 1. The molecule has 10 heteroatoms. The van der Waals surface area contributed by atoms with Crippen molar-refractivity contribution in [1.29, 1.82) is 0 Å². The highest BCUT2D eigenvalue weighted by Gasteiger charge is 2.24. The van der Waals surface area contributed by atoms with Gasteiger partial charge >= 0.3 is 0 Å². The van der Waals surface area contributed by atoms with E-state index in [1.165, 1.54) is 25.3 Å². The van der Waals surface area contributed by atoms with E-state index in [2.05, 4.69) is 20.5 Å². The van der Waals surface area contributed by atoms with Crippen LogP contribution < -0.4 is 15.8 Å². The summed E-state index contributed by atoms with van der Waals surface area (Å²) in [4.78, 5) is 7.16. The first-order valence-electron chi connectivity index (χ1n) is 10.4. The largest absolute Gasteiger partial charge is 0.468 e. The fourth-order valence-corrected chi connectivity index (χ4v) is 4.23. The Morgan fingerprint density at radius 1 is 1.19 bits per heavy atom. The van der Waals surface area contributed by atoms with Crippen LogP contribution in [-0.2, 0) is 16.6 Å². The summed E-state index contributed by atoms with van der Waals surface area (Å²) in [5.41, 5.74) is 0.775. The number of nitrogens with two attached hydrogens (primary N) is 1. The summed E-state index contributed by atoms with van der Waals surface area (Å²) in [5.74, 6) is 1.62. The van der Waals surface area contributed by atoms with Crippen molar-refractivity contribution in [2.75, 3.05) is 26.2 Å². The summed E-state index contributed by atoms with van der Waals surface area (Å²) >= 11 is 0. The molecule has 0 bridgehead atoms. The number of primary sulfonamides is 1. The molecule has 1 aliphatic rings. The second kappa shape index (κ2) is 12.4. The molecule has 0 aliphatic carbocycles. The lowest BCUT2D eigenvalue weighted by atomic mass is 10.1. The van der Waals surface area contributed by atoms with Crippen molar-refractivity contribution in [1.82, 2.24) is 15.5 Å². The molecule has 1 aliphatic heterocycles. The third-order valence-electron chi connectivity index (χ3n) is 5.16. The number of nitrogens with one attached hydrogen (secondary N) is 2. The molecule has 0 spiro atoms. The van der Waals surface area contributed by atoms with Crippen LogP contribution in [0.4, 0.5) is 0 Å². The van der Waals surface area contributed by atoms with Gasteiger partial charge in [-0.1, -0.05) is 18.6 Å². The predicted octanol–water partition coefficient (Wildman–Crippen LogP) is 2.83. The van der Waals surface area contributed by atoms with Gasteiger partial charge in [-0.15, -0.1) is 24.0 Å². The first kappa shape index (κ1) is 25.6. The maximum Gasteiger partial charge on any atom is 0.238 e. The van der Waals surface area contributed by atoms with Crippen LogP contribution in [0.15, 0.2) is 57.0 Å². The summed E-state index contributed by atoms with van der Waals surface area (Å²) in [6.07, 6.45) is 5.39. The molecular formula is C21H32IN5O3S. The van der Waals surface area contributed by atoms with Gasteiger partial charge in [0, 0.05) is 13.1 Å². The molecule has 31 heavy (non-hydrogen) atoms. The molecule has 1 aromatic carbocycles. The van der Waals surface area contributed by atoms with Gasteiger partial charge < -0.3 is 15.1 Å². The molecule has 1 unspecified atom stereocenters. The van der Waals surface area contributed by atoms with Crippen LogP contribution in [0.5, 0.6) is 0 Å². The number of piperidine rings is 1. The summed E-state index contributed by atoms with van der Waals surface area (Å²) in [5, 5.41) is 11.9. The molecule has 1 atom stereocenters. The molecule has 3 rings (SSSR count). The Labute approximate surface area is 201 Å². The number of rotatable bonds is 8. The third kappa shape index (κ3) is 7.78. The van der Waals surface area contributed by atoms with Gasteiger partial charge in [-0.05, 0) is 62.7 Å².